The van der Waals surface area contributed by atoms with Crippen molar-refractivity contribution in [1.82, 2.24) is 0 Å². The summed E-state index contributed by atoms with van der Waals surface area (Å²) < 4.78 is 6.71. The third kappa shape index (κ3) is 4.04. The topological polar surface area (TPSA) is 47.6 Å². The second-order valence-corrected chi connectivity index (χ2v) is 4.63. The number of rotatable bonds is 5. The van der Waals surface area contributed by atoms with Crippen LogP contribution >= 0.6 is 15.9 Å². The summed E-state index contributed by atoms with van der Waals surface area (Å²) in [4.78, 5) is 3.96. The van der Waals surface area contributed by atoms with Gasteiger partial charge in [0, 0.05) is 4.47 Å². The summed E-state index contributed by atoms with van der Waals surface area (Å²) in [5.41, 5.74) is 7.21. The summed E-state index contributed by atoms with van der Waals surface area (Å²) in [6, 6.07) is 5.50. The number of nitrogens with two attached hydrogens (primary N) is 1. The smallest absolute Gasteiger partial charge is 0.144 e. The first-order chi connectivity index (χ1) is 8.58. The summed E-state index contributed by atoms with van der Waals surface area (Å²) in [5.74, 6) is 0.631. The van der Waals surface area contributed by atoms with Crippen molar-refractivity contribution in [3.05, 3.63) is 46.6 Å². The maximum Gasteiger partial charge on any atom is 0.144 e. The highest BCUT2D eigenvalue weighted by molar-refractivity contribution is 9.10. The van der Waals surface area contributed by atoms with Gasteiger partial charge in [-0.3, -0.25) is 4.99 Å². The number of aliphatic imine (C=N–C) groups is 1. The molecule has 0 heterocycles. The molecule has 1 atom stereocenters. The van der Waals surface area contributed by atoms with Crippen molar-refractivity contribution < 1.29 is 4.74 Å². The van der Waals surface area contributed by atoms with Crippen molar-refractivity contribution in [2.45, 2.75) is 20.0 Å². The molecule has 18 heavy (non-hydrogen) atoms. The maximum absolute atomic E-state index is 5.85. The van der Waals surface area contributed by atoms with Crippen LogP contribution in [0.25, 0.3) is 0 Å². The zero-order valence-corrected chi connectivity index (χ0v) is 12.1. The highest BCUT2D eigenvalue weighted by atomic mass is 79.9. The van der Waals surface area contributed by atoms with Gasteiger partial charge in [-0.15, -0.1) is 0 Å². The Labute approximate surface area is 116 Å². The Hall–Kier alpha value is -1.55. The molecule has 0 bridgehead atoms. The molecule has 0 saturated carbocycles. The van der Waals surface area contributed by atoms with Gasteiger partial charge in [-0.2, -0.15) is 0 Å². The van der Waals surface area contributed by atoms with E-state index in [1.807, 2.05) is 44.2 Å². The Morgan fingerprint density at radius 1 is 1.56 bits per heavy atom. The van der Waals surface area contributed by atoms with Crippen LogP contribution in [-0.2, 0) is 0 Å². The van der Waals surface area contributed by atoms with Gasteiger partial charge in [-0.1, -0.05) is 28.1 Å². The van der Waals surface area contributed by atoms with Crippen LogP contribution in [-0.4, -0.2) is 12.8 Å². The van der Waals surface area contributed by atoms with E-state index < -0.39 is 0 Å². The first-order valence-corrected chi connectivity index (χ1v) is 6.39. The molecule has 0 amide bonds. The number of hydrogen-bond donors (Lipinski definition) is 1. The monoisotopic (exact) mass is 308 g/mol. The zero-order chi connectivity index (χ0) is 13.5. The summed E-state index contributed by atoms with van der Waals surface area (Å²) >= 11 is 3.39. The highest BCUT2D eigenvalue weighted by Gasteiger charge is 2.10. The van der Waals surface area contributed by atoms with Crippen LogP contribution in [0.1, 0.15) is 13.8 Å². The van der Waals surface area contributed by atoms with Gasteiger partial charge in [0.15, 0.2) is 0 Å². The van der Waals surface area contributed by atoms with Crippen LogP contribution in [0.3, 0.4) is 0 Å². The molecule has 1 aromatic carbocycles. The first-order valence-electron chi connectivity index (χ1n) is 5.59. The second kappa shape index (κ2) is 7.01. The predicted octanol–water partition coefficient (Wildman–Crippen LogP) is 3.96. The molecular formula is C14H17BrN2O. The van der Waals surface area contributed by atoms with Gasteiger partial charge in [0.25, 0.3) is 0 Å². The number of anilines is 1. The van der Waals surface area contributed by atoms with Crippen LogP contribution in [0.5, 0.6) is 5.75 Å². The van der Waals surface area contributed by atoms with Crippen LogP contribution in [0.15, 0.2) is 51.6 Å². The number of ether oxygens (including phenoxy) is 1. The van der Waals surface area contributed by atoms with E-state index in [1.165, 1.54) is 0 Å². The van der Waals surface area contributed by atoms with Crippen molar-refractivity contribution in [2.75, 3.05) is 5.73 Å². The molecular weight excluding hydrogens is 292 g/mol. The molecule has 0 aromatic heterocycles. The minimum Gasteiger partial charge on any atom is -0.482 e. The van der Waals surface area contributed by atoms with E-state index >= 15 is 0 Å². The molecule has 1 rings (SSSR count). The fourth-order valence-electron chi connectivity index (χ4n) is 1.37. The lowest BCUT2D eigenvalue weighted by Crippen LogP contribution is -2.14. The van der Waals surface area contributed by atoms with Crippen LogP contribution in [0, 0.1) is 0 Å². The van der Waals surface area contributed by atoms with Gasteiger partial charge in [-0.25, -0.2) is 0 Å². The minimum absolute atomic E-state index is 0.213. The molecule has 3 nitrogen and oxygen atoms in total. The number of halogens is 1. The number of benzene rings is 1. The SMILES string of the molecule is C=N/C(=C\C=C/C)[C@H](C)Oc1cc(Br)ccc1N. The third-order valence-corrected chi connectivity index (χ3v) is 2.83. The largest absolute Gasteiger partial charge is 0.482 e. The van der Waals surface area contributed by atoms with Gasteiger partial charge in [0.1, 0.15) is 11.9 Å². The van der Waals surface area contributed by atoms with E-state index in [0.29, 0.717) is 11.4 Å². The quantitative estimate of drug-likeness (QED) is 0.508. The summed E-state index contributed by atoms with van der Waals surface area (Å²) in [5, 5.41) is 0. The van der Waals surface area contributed by atoms with Crippen molar-refractivity contribution in [3.8, 4) is 5.75 Å². The molecule has 0 aliphatic heterocycles. The van der Waals surface area contributed by atoms with Crippen LogP contribution in [0.2, 0.25) is 0 Å². The Morgan fingerprint density at radius 2 is 2.28 bits per heavy atom. The zero-order valence-electron chi connectivity index (χ0n) is 10.6. The van der Waals surface area contributed by atoms with E-state index in [0.717, 1.165) is 10.2 Å². The molecule has 0 aliphatic carbocycles. The molecule has 4 heteroatoms. The standard InChI is InChI=1S/C14H17BrN2O/c1-4-5-6-13(17-3)10(2)18-14-9-11(15)7-8-12(14)16/h4-10H,3,16H2,1-2H3/b5-4-,13-6-/t10-/m0/s1. The number of hydrogen-bond acceptors (Lipinski definition) is 3. The van der Waals surface area contributed by atoms with Gasteiger partial charge < -0.3 is 10.5 Å². The molecule has 0 radical (unpaired) electrons. The van der Waals surface area contributed by atoms with Crippen molar-refractivity contribution in [1.29, 1.82) is 0 Å². The van der Waals surface area contributed by atoms with E-state index in [9.17, 15) is 0 Å². The fourth-order valence-corrected chi connectivity index (χ4v) is 1.71. The van der Waals surface area contributed by atoms with Crippen molar-refractivity contribution >= 4 is 28.3 Å². The molecule has 0 saturated heterocycles. The third-order valence-electron chi connectivity index (χ3n) is 2.34. The Kier molecular flexibility index (Phi) is 5.65. The summed E-state index contributed by atoms with van der Waals surface area (Å²) in [6.07, 6.45) is 5.47. The Morgan fingerprint density at radius 3 is 2.89 bits per heavy atom. The summed E-state index contributed by atoms with van der Waals surface area (Å²) in [6.45, 7) is 7.39. The van der Waals surface area contributed by atoms with Crippen molar-refractivity contribution in [3.63, 3.8) is 0 Å². The lowest BCUT2D eigenvalue weighted by molar-refractivity contribution is 0.257. The number of nitrogen functional groups attached to an aromatic ring is 1. The highest BCUT2D eigenvalue weighted by Crippen LogP contribution is 2.27. The van der Waals surface area contributed by atoms with Gasteiger partial charge in [0.2, 0.25) is 0 Å². The lowest BCUT2D eigenvalue weighted by atomic mass is 10.2. The molecule has 0 spiro atoms. The van der Waals surface area contributed by atoms with E-state index in [2.05, 4.69) is 27.6 Å². The predicted molar refractivity (Wildman–Crippen MR) is 81.1 cm³/mol. The van der Waals surface area contributed by atoms with E-state index in [4.69, 9.17) is 10.5 Å². The maximum atomic E-state index is 5.85. The van der Waals surface area contributed by atoms with Gasteiger partial charge in [-0.05, 0) is 44.8 Å². The van der Waals surface area contributed by atoms with Gasteiger partial charge >= 0.3 is 0 Å². The minimum atomic E-state index is -0.213. The average molecular weight is 309 g/mol. The van der Waals surface area contributed by atoms with Gasteiger partial charge in [0.05, 0.1) is 11.4 Å². The second-order valence-electron chi connectivity index (χ2n) is 3.72. The van der Waals surface area contributed by atoms with Crippen LogP contribution < -0.4 is 10.5 Å². The molecule has 0 aliphatic rings. The Bertz CT molecular complexity index is 481. The van der Waals surface area contributed by atoms with Crippen molar-refractivity contribution in [2.24, 2.45) is 4.99 Å². The molecule has 0 unspecified atom stereocenters. The van der Waals surface area contributed by atoms with E-state index in [-0.39, 0.29) is 6.10 Å². The number of nitrogens with zero attached hydrogens (tertiary/aromatic N) is 1. The normalized spacial score (nSPS) is 13.6. The molecule has 0 fully saturated rings. The Balaban J connectivity index is 2.89. The molecule has 2 N–H and O–H groups in total. The molecule has 96 valence electrons. The fraction of sp³-hybridized carbons (Fsp3) is 0.214. The lowest BCUT2D eigenvalue weighted by Gasteiger charge is -2.16. The van der Waals surface area contributed by atoms with E-state index in [1.54, 1.807) is 6.07 Å². The first kappa shape index (κ1) is 14.5. The van der Waals surface area contributed by atoms with Crippen LogP contribution in [0.4, 0.5) is 5.69 Å². The number of allylic oxidation sites excluding steroid dienone is 3. The summed E-state index contributed by atoms with van der Waals surface area (Å²) in [7, 11) is 0. The average Bonchev–Trinajstić information content (AvgIpc) is 2.35. The molecule has 1 aromatic rings.